The fraction of sp³-hybridized carbons (Fsp3) is 0.348. The maximum Gasteiger partial charge on any atom is 0.273 e. The third-order valence-electron chi connectivity index (χ3n) is 5.42. The van der Waals surface area contributed by atoms with Gasteiger partial charge < -0.3 is 10.1 Å². The smallest absolute Gasteiger partial charge is 0.273 e. The van der Waals surface area contributed by atoms with Gasteiger partial charge >= 0.3 is 0 Å². The molecule has 1 fully saturated rings. The molecule has 4 rings (SSSR count). The van der Waals surface area contributed by atoms with E-state index in [-0.39, 0.29) is 11.9 Å². The number of amides is 1. The number of rotatable bonds is 7. The van der Waals surface area contributed by atoms with Crippen molar-refractivity contribution in [2.24, 2.45) is 13.0 Å². The molecule has 2 heterocycles. The van der Waals surface area contributed by atoms with Gasteiger partial charge in [0.15, 0.2) is 5.69 Å². The van der Waals surface area contributed by atoms with E-state index >= 15 is 0 Å². The predicted molar refractivity (Wildman–Crippen MR) is 114 cm³/mol. The van der Waals surface area contributed by atoms with Crippen molar-refractivity contribution in [1.29, 1.82) is 0 Å². The molecule has 0 bridgehead atoms. The highest BCUT2D eigenvalue weighted by atomic mass is 16.5. The third kappa shape index (κ3) is 5.04. The normalized spacial score (nSPS) is 19.0. The first-order valence-corrected chi connectivity index (χ1v) is 10.2. The highest BCUT2D eigenvalue weighted by Gasteiger charge is 2.31. The minimum atomic E-state index is -0.165. The first-order valence-electron chi connectivity index (χ1n) is 10.2. The molecule has 0 saturated carbocycles. The van der Waals surface area contributed by atoms with E-state index in [0.717, 1.165) is 30.9 Å². The van der Waals surface area contributed by atoms with Gasteiger partial charge in [0.1, 0.15) is 12.4 Å². The van der Waals surface area contributed by atoms with Crippen LogP contribution in [0.3, 0.4) is 0 Å². The average molecular weight is 406 g/mol. The third-order valence-corrected chi connectivity index (χ3v) is 5.42. The van der Waals surface area contributed by atoms with Gasteiger partial charge in [0.05, 0.1) is 6.20 Å². The molecule has 0 aliphatic carbocycles. The van der Waals surface area contributed by atoms with Gasteiger partial charge in [0.2, 0.25) is 0 Å². The summed E-state index contributed by atoms with van der Waals surface area (Å²) in [5.74, 6) is 1.08. The predicted octanol–water partition coefficient (Wildman–Crippen LogP) is 2.64. The Morgan fingerprint density at radius 3 is 2.57 bits per heavy atom. The van der Waals surface area contributed by atoms with E-state index in [1.54, 1.807) is 13.2 Å². The number of ether oxygens (including phenoxy) is 1. The fourth-order valence-corrected chi connectivity index (χ4v) is 3.77. The van der Waals surface area contributed by atoms with Crippen LogP contribution in [0.5, 0.6) is 5.75 Å². The van der Waals surface area contributed by atoms with Gasteiger partial charge in [-0.3, -0.25) is 14.4 Å². The Kier molecular flexibility index (Phi) is 6.09. The van der Waals surface area contributed by atoms with Crippen LogP contribution in [0.25, 0.3) is 0 Å². The molecule has 0 radical (unpaired) electrons. The number of benzene rings is 2. The van der Waals surface area contributed by atoms with Crippen molar-refractivity contribution in [2.75, 3.05) is 13.1 Å². The Morgan fingerprint density at radius 2 is 1.87 bits per heavy atom. The van der Waals surface area contributed by atoms with Crippen LogP contribution < -0.4 is 10.1 Å². The van der Waals surface area contributed by atoms with Crippen LogP contribution in [-0.4, -0.2) is 44.9 Å². The van der Waals surface area contributed by atoms with Crippen LogP contribution in [0.15, 0.2) is 60.8 Å². The van der Waals surface area contributed by atoms with Gasteiger partial charge in [-0.05, 0) is 29.2 Å². The highest BCUT2D eigenvalue weighted by Crippen LogP contribution is 2.21. The molecule has 1 aliphatic heterocycles. The van der Waals surface area contributed by atoms with Crippen molar-refractivity contribution in [2.45, 2.75) is 26.1 Å². The van der Waals surface area contributed by atoms with E-state index in [1.165, 1.54) is 10.2 Å². The lowest BCUT2D eigenvalue weighted by molar-refractivity contribution is 0.0926. The second kappa shape index (κ2) is 9.09. The first-order chi connectivity index (χ1) is 14.6. The van der Waals surface area contributed by atoms with Crippen LogP contribution in [-0.2, 0) is 20.2 Å². The monoisotopic (exact) mass is 405 g/mol. The standard InChI is InChI=1S/C23H27N5O2/c1-17-12-28(15-21(17)24-23(29)22-14-27(2)26-25-22)13-18-8-10-20(11-9-18)30-16-19-6-4-3-5-7-19/h3-11,14,17,21H,12-13,15-16H2,1-2H3,(H,24,29)/t17-,21-/m0/s1. The highest BCUT2D eigenvalue weighted by molar-refractivity contribution is 5.92. The fourth-order valence-electron chi connectivity index (χ4n) is 3.77. The van der Waals surface area contributed by atoms with Crippen LogP contribution in [0.2, 0.25) is 0 Å². The zero-order valence-corrected chi connectivity index (χ0v) is 17.4. The molecule has 2 aromatic carbocycles. The van der Waals surface area contributed by atoms with E-state index in [9.17, 15) is 4.79 Å². The number of aromatic nitrogens is 3. The number of carbonyl (C=O) groups is 1. The van der Waals surface area contributed by atoms with Crippen molar-refractivity contribution in [3.05, 3.63) is 77.6 Å². The quantitative estimate of drug-likeness (QED) is 0.654. The summed E-state index contributed by atoms with van der Waals surface area (Å²) in [6.45, 7) is 5.34. The number of nitrogens with zero attached hydrogens (tertiary/aromatic N) is 4. The van der Waals surface area contributed by atoms with Gasteiger partial charge in [-0.15, -0.1) is 5.10 Å². The number of carbonyl (C=O) groups excluding carboxylic acids is 1. The Morgan fingerprint density at radius 1 is 1.10 bits per heavy atom. The lowest BCUT2D eigenvalue weighted by atomic mass is 10.1. The van der Waals surface area contributed by atoms with Crippen LogP contribution in [0.1, 0.15) is 28.5 Å². The molecule has 1 aromatic heterocycles. The van der Waals surface area contributed by atoms with E-state index in [1.807, 2.05) is 30.3 Å². The molecule has 3 aromatic rings. The topological polar surface area (TPSA) is 72.3 Å². The molecule has 1 saturated heterocycles. The van der Waals surface area contributed by atoms with Crippen molar-refractivity contribution >= 4 is 5.91 Å². The van der Waals surface area contributed by atoms with Crippen LogP contribution >= 0.6 is 0 Å². The number of hydrogen-bond donors (Lipinski definition) is 1. The van der Waals surface area contributed by atoms with E-state index in [4.69, 9.17) is 4.74 Å². The summed E-state index contributed by atoms with van der Waals surface area (Å²) < 4.78 is 7.40. The van der Waals surface area contributed by atoms with Crippen molar-refractivity contribution in [3.63, 3.8) is 0 Å². The van der Waals surface area contributed by atoms with Gasteiger partial charge in [-0.2, -0.15) is 0 Å². The number of likely N-dealkylation sites (tertiary alicyclic amines) is 1. The average Bonchev–Trinajstić information content (AvgIpc) is 3.34. The second-order valence-electron chi connectivity index (χ2n) is 7.95. The van der Waals surface area contributed by atoms with Gasteiger partial charge in [0.25, 0.3) is 5.91 Å². The van der Waals surface area contributed by atoms with E-state index in [2.05, 4.69) is 51.7 Å². The number of hydrogen-bond acceptors (Lipinski definition) is 5. The minimum Gasteiger partial charge on any atom is -0.489 e. The molecule has 30 heavy (non-hydrogen) atoms. The molecule has 156 valence electrons. The lowest BCUT2D eigenvalue weighted by Crippen LogP contribution is -2.40. The molecule has 2 atom stereocenters. The molecule has 0 spiro atoms. The Balaban J connectivity index is 1.27. The van der Waals surface area contributed by atoms with Crippen LogP contribution in [0.4, 0.5) is 0 Å². The largest absolute Gasteiger partial charge is 0.489 e. The molecule has 7 heteroatoms. The van der Waals surface area contributed by atoms with Gasteiger partial charge in [-0.1, -0.05) is 54.6 Å². The molecule has 0 unspecified atom stereocenters. The Hall–Kier alpha value is -3.19. The molecule has 1 aliphatic rings. The summed E-state index contributed by atoms with van der Waals surface area (Å²) in [6, 6.07) is 18.5. The minimum absolute atomic E-state index is 0.105. The van der Waals surface area contributed by atoms with Gasteiger partial charge in [-0.25, -0.2) is 0 Å². The number of aryl methyl sites for hydroxylation is 1. The van der Waals surface area contributed by atoms with Crippen molar-refractivity contribution in [3.8, 4) is 5.75 Å². The first kappa shape index (κ1) is 20.1. The van der Waals surface area contributed by atoms with Gasteiger partial charge in [0, 0.05) is 32.7 Å². The number of nitrogens with one attached hydrogen (secondary N) is 1. The van der Waals surface area contributed by atoms with Crippen molar-refractivity contribution in [1.82, 2.24) is 25.2 Å². The SMILES string of the molecule is C[C@H]1CN(Cc2ccc(OCc3ccccc3)cc2)C[C@@H]1NC(=O)c1cn(C)nn1. The Labute approximate surface area is 176 Å². The van der Waals surface area contributed by atoms with Crippen molar-refractivity contribution < 1.29 is 9.53 Å². The zero-order chi connectivity index (χ0) is 20.9. The lowest BCUT2D eigenvalue weighted by Gasteiger charge is -2.17. The van der Waals surface area contributed by atoms with Crippen LogP contribution in [0, 0.1) is 5.92 Å². The summed E-state index contributed by atoms with van der Waals surface area (Å²) >= 11 is 0. The van der Waals surface area contributed by atoms with E-state index in [0.29, 0.717) is 18.2 Å². The summed E-state index contributed by atoms with van der Waals surface area (Å²) in [5.41, 5.74) is 2.74. The molecular weight excluding hydrogens is 378 g/mol. The molecular formula is C23H27N5O2. The molecule has 1 N–H and O–H groups in total. The Bertz CT molecular complexity index is 971. The summed E-state index contributed by atoms with van der Waals surface area (Å²) in [6.07, 6.45) is 1.63. The maximum absolute atomic E-state index is 12.4. The molecule has 7 nitrogen and oxygen atoms in total. The maximum atomic E-state index is 12.4. The summed E-state index contributed by atoms with van der Waals surface area (Å²) in [5, 5.41) is 10.8. The second-order valence-corrected chi connectivity index (χ2v) is 7.95. The summed E-state index contributed by atoms with van der Waals surface area (Å²) in [7, 11) is 1.75. The summed E-state index contributed by atoms with van der Waals surface area (Å²) in [4.78, 5) is 14.7. The molecule has 1 amide bonds. The van der Waals surface area contributed by atoms with E-state index < -0.39 is 0 Å². The zero-order valence-electron chi connectivity index (χ0n) is 17.4.